The fraction of sp³-hybridized carbons (Fsp3) is 0.219. The van der Waals surface area contributed by atoms with Crippen LogP contribution in [0, 0.1) is 0 Å². The maximum absolute atomic E-state index is 13.9. The van der Waals surface area contributed by atoms with Gasteiger partial charge >= 0.3 is 0 Å². The van der Waals surface area contributed by atoms with Crippen molar-refractivity contribution in [1.82, 2.24) is 5.32 Å². The number of nitrogens with one attached hydrogen (secondary N) is 1. The number of sulfonamides is 1. The number of para-hydroxylation sites is 1. The third kappa shape index (κ3) is 6.14. The summed E-state index contributed by atoms with van der Waals surface area (Å²) in [7, 11) is -3.95. The van der Waals surface area contributed by atoms with Gasteiger partial charge in [-0.05, 0) is 53.3 Å². The van der Waals surface area contributed by atoms with Gasteiger partial charge in [0.2, 0.25) is 0 Å². The molecule has 38 heavy (non-hydrogen) atoms. The molecule has 0 bridgehead atoms. The number of amides is 1. The van der Waals surface area contributed by atoms with Gasteiger partial charge in [-0.2, -0.15) is 0 Å². The van der Waals surface area contributed by atoms with Gasteiger partial charge < -0.3 is 5.32 Å². The minimum Gasteiger partial charge on any atom is -0.345 e. The van der Waals surface area contributed by atoms with E-state index in [1.54, 1.807) is 54.6 Å². The highest BCUT2D eigenvalue weighted by Gasteiger charge is 2.29. The molecule has 0 heterocycles. The predicted octanol–water partition coefficient (Wildman–Crippen LogP) is 6.87. The van der Waals surface area contributed by atoms with Crippen LogP contribution in [0.2, 0.25) is 0 Å². The monoisotopic (exact) mass is 526 g/mol. The molecule has 4 aromatic carbocycles. The minimum atomic E-state index is -3.95. The van der Waals surface area contributed by atoms with E-state index in [0.717, 1.165) is 11.1 Å². The zero-order valence-corrected chi connectivity index (χ0v) is 23.1. The Labute approximate surface area is 226 Å². The third-order valence-electron chi connectivity index (χ3n) is 6.54. The lowest BCUT2D eigenvalue weighted by Gasteiger charge is -2.27. The first-order valence-electron chi connectivity index (χ1n) is 12.7. The Bertz CT molecular complexity index is 1480. The zero-order valence-electron chi connectivity index (χ0n) is 22.3. The Hall–Kier alpha value is -3.90. The van der Waals surface area contributed by atoms with Gasteiger partial charge in [0.15, 0.2) is 0 Å². The molecule has 0 aliphatic carbocycles. The largest absolute Gasteiger partial charge is 0.345 e. The van der Waals surface area contributed by atoms with Crippen LogP contribution in [-0.2, 0) is 22.0 Å². The quantitative estimate of drug-likeness (QED) is 0.272. The van der Waals surface area contributed by atoms with Crippen LogP contribution in [0.4, 0.5) is 5.69 Å². The summed E-state index contributed by atoms with van der Waals surface area (Å²) in [6, 6.07) is 32.5. The molecule has 0 radical (unpaired) electrons. The number of rotatable bonds is 8. The molecule has 4 aromatic rings. The average molecular weight is 527 g/mol. The van der Waals surface area contributed by atoms with E-state index >= 15 is 0 Å². The Morgan fingerprint density at radius 1 is 0.789 bits per heavy atom. The van der Waals surface area contributed by atoms with Crippen molar-refractivity contribution in [1.29, 1.82) is 0 Å². The van der Waals surface area contributed by atoms with Gasteiger partial charge in [-0.1, -0.05) is 106 Å². The maximum atomic E-state index is 13.9. The summed E-state index contributed by atoms with van der Waals surface area (Å²) in [6.45, 7) is 8.50. The molecule has 0 spiro atoms. The molecule has 0 saturated carbocycles. The first kappa shape index (κ1) is 27.1. The topological polar surface area (TPSA) is 66.5 Å². The van der Waals surface area contributed by atoms with Crippen molar-refractivity contribution in [3.05, 3.63) is 131 Å². The molecular weight excluding hydrogens is 492 g/mol. The second kappa shape index (κ2) is 11.2. The molecule has 0 saturated heterocycles. The van der Waals surface area contributed by atoms with Gasteiger partial charge in [0, 0.05) is 0 Å². The number of anilines is 1. The lowest BCUT2D eigenvalue weighted by atomic mass is 9.86. The molecular formula is C32H34N2O3S. The molecule has 0 fully saturated rings. The number of benzene rings is 4. The smallest absolute Gasteiger partial charge is 0.264 e. The van der Waals surface area contributed by atoms with E-state index in [1.165, 1.54) is 9.87 Å². The summed E-state index contributed by atoms with van der Waals surface area (Å²) in [5.74, 6) is -0.339. The second-order valence-corrected chi connectivity index (χ2v) is 12.3. The van der Waals surface area contributed by atoms with Crippen molar-refractivity contribution in [2.75, 3.05) is 4.31 Å². The van der Waals surface area contributed by atoms with E-state index in [4.69, 9.17) is 0 Å². The lowest BCUT2D eigenvalue weighted by Crippen LogP contribution is -2.34. The highest BCUT2D eigenvalue weighted by Crippen LogP contribution is 2.30. The predicted molar refractivity (Wildman–Crippen MR) is 154 cm³/mol. The van der Waals surface area contributed by atoms with Crippen molar-refractivity contribution in [3.63, 3.8) is 0 Å². The van der Waals surface area contributed by atoms with E-state index in [1.807, 2.05) is 49.4 Å². The number of carbonyl (C=O) groups excluding carboxylic acids is 1. The Balaban J connectivity index is 1.68. The molecule has 6 heteroatoms. The summed E-state index contributed by atoms with van der Waals surface area (Å²) in [4.78, 5) is 13.7. The summed E-state index contributed by atoms with van der Waals surface area (Å²) < 4.78 is 29.0. The van der Waals surface area contributed by atoms with Crippen LogP contribution in [-0.4, -0.2) is 14.3 Å². The minimum absolute atomic E-state index is 0.0381. The van der Waals surface area contributed by atoms with Crippen LogP contribution >= 0.6 is 0 Å². The Morgan fingerprint density at radius 3 is 1.95 bits per heavy atom. The van der Waals surface area contributed by atoms with E-state index in [9.17, 15) is 13.2 Å². The molecule has 4 rings (SSSR count). The van der Waals surface area contributed by atoms with Gasteiger partial charge in [0.25, 0.3) is 15.9 Å². The summed E-state index contributed by atoms with van der Waals surface area (Å²) in [6.07, 6.45) is 0. The van der Waals surface area contributed by atoms with Crippen LogP contribution in [0.25, 0.3) is 0 Å². The van der Waals surface area contributed by atoms with Crippen molar-refractivity contribution >= 4 is 21.6 Å². The second-order valence-electron chi connectivity index (χ2n) is 10.4. The highest BCUT2D eigenvalue weighted by molar-refractivity contribution is 7.92. The number of hydrogen-bond acceptors (Lipinski definition) is 3. The standard InChI is InChI=1S/C32H34N2O3S/c1-24(26-19-21-27(22-20-26)32(2,3)4)33-31(35)29-17-11-12-18-30(29)34(23-25-13-7-5-8-14-25)38(36,37)28-15-9-6-10-16-28/h5-22,24H,23H2,1-4H3,(H,33,35)/t24-/m0/s1. The van der Waals surface area contributed by atoms with Crippen molar-refractivity contribution in [2.45, 2.75) is 50.6 Å². The molecule has 1 amide bonds. The molecule has 5 nitrogen and oxygen atoms in total. The number of carbonyl (C=O) groups is 1. The van der Waals surface area contributed by atoms with Gasteiger partial charge in [-0.25, -0.2) is 8.42 Å². The van der Waals surface area contributed by atoms with Gasteiger partial charge in [0.05, 0.1) is 28.7 Å². The van der Waals surface area contributed by atoms with Crippen LogP contribution in [0.5, 0.6) is 0 Å². The molecule has 1 atom stereocenters. The van der Waals surface area contributed by atoms with Crippen LogP contribution in [0.1, 0.15) is 60.8 Å². The van der Waals surface area contributed by atoms with Gasteiger partial charge in [-0.3, -0.25) is 9.10 Å². The molecule has 1 N–H and O–H groups in total. The van der Waals surface area contributed by atoms with Gasteiger partial charge in [-0.15, -0.1) is 0 Å². The highest BCUT2D eigenvalue weighted by atomic mass is 32.2. The first-order valence-corrected chi connectivity index (χ1v) is 14.1. The van der Waals surface area contributed by atoms with E-state index in [0.29, 0.717) is 11.3 Å². The molecule has 0 aromatic heterocycles. The summed E-state index contributed by atoms with van der Waals surface area (Å²) in [5.41, 5.74) is 3.66. The van der Waals surface area contributed by atoms with Crippen molar-refractivity contribution in [2.24, 2.45) is 0 Å². The summed E-state index contributed by atoms with van der Waals surface area (Å²) >= 11 is 0. The maximum Gasteiger partial charge on any atom is 0.264 e. The normalized spacial score (nSPS) is 12.5. The van der Waals surface area contributed by atoms with E-state index in [2.05, 4.69) is 38.2 Å². The zero-order chi connectivity index (χ0) is 27.3. The fourth-order valence-electron chi connectivity index (χ4n) is 4.28. The number of nitrogens with zero attached hydrogens (tertiary/aromatic N) is 1. The van der Waals surface area contributed by atoms with Gasteiger partial charge in [0.1, 0.15) is 0 Å². The molecule has 0 unspecified atom stereocenters. The average Bonchev–Trinajstić information content (AvgIpc) is 2.92. The van der Waals surface area contributed by atoms with E-state index in [-0.39, 0.29) is 28.8 Å². The number of hydrogen-bond donors (Lipinski definition) is 1. The van der Waals surface area contributed by atoms with Crippen molar-refractivity contribution in [3.8, 4) is 0 Å². The van der Waals surface area contributed by atoms with Crippen molar-refractivity contribution < 1.29 is 13.2 Å². The third-order valence-corrected chi connectivity index (χ3v) is 8.32. The lowest BCUT2D eigenvalue weighted by molar-refractivity contribution is 0.0940. The molecule has 0 aliphatic heterocycles. The fourth-order valence-corrected chi connectivity index (χ4v) is 5.77. The molecule has 196 valence electrons. The Morgan fingerprint density at radius 2 is 1.34 bits per heavy atom. The summed E-state index contributed by atoms with van der Waals surface area (Å²) in [5, 5.41) is 3.06. The Kier molecular flexibility index (Phi) is 8.02. The van der Waals surface area contributed by atoms with Crippen LogP contribution in [0.15, 0.2) is 114 Å². The molecule has 0 aliphatic rings. The SMILES string of the molecule is C[C@H](NC(=O)c1ccccc1N(Cc1ccccc1)S(=O)(=O)c1ccccc1)c1ccc(C(C)(C)C)cc1. The first-order chi connectivity index (χ1) is 18.1. The van der Waals surface area contributed by atoms with Crippen LogP contribution < -0.4 is 9.62 Å². The van der Waals surface area contributed by atoms with Crippen LogP contribution in [0.3, 0.4) is 0 Å². The van der Waals surface area contributed by atoms with E-state index < -0.39 is 10.0 Å².